The van der Waals surface area contributed by atoms with E-state index in [1.54, 1.807) is 42.5 Å². The molecule has 0 saturated heterocycles. The first kappa shape index (κ1) is 24.7. The number of benzene rings is 3. The quantitative estimate of drug-likeness (QED) is 0.469. The summed E-state index contributed by atoms with van der Waals surface area (Å²) in [6.07, 6.45) is 0. The van der Waals surface area contributed by atoms with Gasteiger partial charge in [0.05, 0.1) is 28.4 Å². The molecule has 0 saturated carbocycles. The number of rotatable bonds is 9. The number of methoxy groups -OCH3 is 4. The predicted octanol–water partition coefficient (Wildman–Crippen LogP) is 4.08. The molecule has 10 heteroatoms. The Morgan fingerprint density at radius 3 is 1.82 bits per heavy atom. The van der Waals surface area contributed by atoms with E-state index < -0.39 is 15.9 Å². The Hall–Kier alpha value is -3.92. The fourth-order valence-corrected chi connectivity index (χ4v) is 4.51. The first-order valence-electron chi connectivity index (χ1n) is 10.1. The van der Waals surface area contributed by atoms with Crippen molar-refractivity contribution in [3.05, 3.63) is 65.7 Å². The first-order chi connectivity index (χ1) is 16.2. The van der Waals surface area contributed by atoms with E-state index in [9.17, 15) is 13.2 Å². The second kappa shape index (κ2) is 10.3. The van der Waals surface area contributed by atoms with Crippen LogP contribution in [0.1, 0.15) is 15.9 Å². The molecule has 34 heavy (non-hydrogen) atoms. The minimum atomic E-state index is -4.03. The third-order valence-corrected chi connectivity index (χ3v) is 6.47. The smallest absolute Gasteiger partial charge is 0.265 e. The van der Waals surface area contributed by atoms with Gasteiger partial charge < -0.3 is 24.3 Å². The fraction of sp³-hybridized carbons (Fsp3) is 0.208. The van der Waals surface area contributed by atoms with Crippen LogP contribution in [0.5, 0.6) is 23.0 Å². The van der Waals surface area contributed by atoms with Crippen molar-refractivity contribution in [2.45, 2.75) is 11.8 Å². The zero-order valence-electron chi connectivity index (χ0n) is 19.5. The highest BCUT2D eigenvalue weighted by molar-refractivity contribution is 7.92. The number of carbonyl (C=O) groups excluding carboxylic acids is 1. The summed E-state index contributed by atoms with van der Waals surface area (Å²) in [4.78, 5) is 12.8. The molecule has 0 aliphatic carbocycles. The van der Waals surface area contributed by atoms with E-state index in [1.807, 2.05) is 6.92 Å². The van der Waals surface area contributed by atoms with Gasteiger partial charge in [0.15, 0.2) is 0 Å². The molecule has 0 atom stereocenters. The molecule has 3 aromatic carbocycles. The van der Waals surface area contributed by atoms with Gasteiger partial charge in [-0.1, -0.05) is 0 Å². The van der Waals surface area contributed by atoms with E-state index in [2.05, 4.69) is 10.0 Å². The lowest BCUT2D eigenvalue weighted by atomic mass is 10.1. The summed E-state index contributed by atoms with van der Waals surface area (Å²) in [7, 11) is 1.85. The fourth-order valence-electron chi connectivity index (χ4n) is 3.25. The van der Waals surface area contributed by atoms with E-state index in [-0.39, 0.29) is 21.9 Å². The maximum atomic E-state index is 13.1. The molecule has 180 valence electrons. The van der Waals surface area contributed by atoms with Gasteiger partial charge in [-0.2, -0.15) is 0 Å². The standard InChI is InChI=1S/C24H26N2O7S/c1-15-21(32-4)12-16(13-22(15)33-5)24(27)25-18-8-11-20(31-3)23(14-18)34(28,29)26-17-6-9-19(30-2)10-7-17/h6-14,26H,1-5H3,(H,25,27). The van der Waals surface area contributed by atoms with E-state index >= 15 is 0 Å². The average Bonchev–Trinajstić information content (AvgIpc) is 2.84. The first-order valence-corrected chi connectivity index (χ1v) is 11.6. The lowest BCUT2D eigenvalue weighted by Crippen LogP contribution is -2.16. The highest BCUT2D eigenvalue weighted by atomic mass is 32.2. The summed E-state index contributed by atoms with van der Waals surface area (Å²) in [6, 6.07) is 13.9. The molecule has 2 N–H and O–H groups in total. The van der Waals surface area contributed by atoms with Gasteiger partial charge in [-0.25, -0.2) is 8.42 Å². The average molecular weight is 487 g/mol. The molecule has 3 rings (SSSR count). The molecule has 9 nitrogen and oxygen atoms in total. The second-order valence-corrected chi connectivity index (χ2v) is 8.81. The van der Waals surface area contributed by atoms with E-state index in [1.165, 1.54) is 40.6 Å². The van der Waals surface area contributed by atoms with E-state index in [0.29, 0.717) is 22.9 Å². The SMILES string of the molecule is COc1ccc(NS(=O)(=O)c2cc(NC(=O)c3cc(OC)c(C)c(OC)c3)ccc2OC)cc1. The Kier molecular flexibility index (Phi) is 7.52. The van der Waals surface area contributed by atoms with Crippen molar-refractivity contribution in [2.24, 2.45) is 0 Å². The molecule has 0 spiro atoms. The zero-order chi connectivity index (χ0) is 24.9. The molecule has 1 amide bonds. The molecule has 0 radical (unpaired) electrons. The summed E-state index contributed by atoms with van der Waals surface area (Å²) in [5, 5.41) is 2.71. The Balaban J connectivity index is 1.91. The van der Waals surface area contributed by atoms with Crippen LogP contribution in [0.4, 0.5) is 11.4 Å². The number of hydrogen-bond donors (Lipinski definition) is 2. The van der Waals surface area contributed by atoms with Gasteiger partial charge in [0.1, 0.15) is 27.9 Å². The number of anilines is 2. The van der Waals surface area contributed by atoms with Gasteiger partial charge in [-0.3, -0.25) is 9.52 Å². The summed E-state index contributed by atoms with van der Waals surface area (Å²) in [5.74, 6) is 1.23. The maximum absolute atomic E-state index is 13.1. The van der Waals surface area contributed by atoms with Crippen molar-refractivity contribution in [3.63, 3.8) is 0 Å². The van der Waals surface area contributed by atoms with Crippen LogP contribution in [0.3, 0.4) is 0 Å². The maximum Gasteiger partial charge on any atom is 0.265 e. The van der Waals surface area contributed by atoms with Gasteiger partial charge in [-0.15, -0.1) is 0 Å². The lowest BCUT2D eigenvalue weighted by Gasteiger charge is -2.15. The molecule has 0 unspecified atom stereocenters. The number of carbonyl (C=O) groups is 1. The Morgan fingerprint density at radius 1 is 0.735 bits per heavy atom. The van der Waals surface area contributed by atoms with Crippen molar-refractivity contribution in [1.29, 1.82) is 0 Å². The van der Waals surface area contributed by atoms with Crippen LogP contribution >= 0.6 is 0 Å². The molecule has 3 aromatic rings. The van der Waals surface area contributed by atoms with Crippen LogP contribution in [0.25, 0.3) is 0 Å². The molecular formula is C24H26N2O7S. The van der Waals surface area contributed by atoms with Crippen LogP contribution in [-0.2, 0) is 10.0 Å². The summed E-state index contributed by atoms with van der Waals surface area (Å²) >= 11 is 0. The van der Waals surface area contributed by atoms with Crippen molar-refractivity contribution >= 4 is 27.3 Å². The van der Waals surface area contributed by atoms with Crippen LogP contribution in [0, 0.1) is 6.92 Å². The minimum Gasteiger partial charge on any atom is -0.497 e. The minimum absolute atomic E-state index is 0.123. The Morgan fingerprint density at radius 2 is 1.29 bits per heavy atom. The van der Waals surface area contributed by atoms with Crippen molar-refractivity contribution in [2.75, 3.05) is 38.5 Å². The van der Waals surface area contributed by atoms with Gasteiger partial charge in [0.2, 0.25) is 0 Å². The van der Waals surface area contributed by atoms with E-state index in [0.717, 1.165) is 5.56 Å². The number of sulfonamides is 1. The van der Waals surface area contributed by atoms with Crippen LogP contribution in [0.15, 0.2) is 59.5 Å². The number of amides is 1. The second-order valence-electron chi connectivity index (χ2n) is 7.16. The summed E-state index contributed by atoms with van der Waals surface area (Å²) in [6.45, 7) is 1.82. The van der Waals surface area contributed by atoms with Gasteiger partial charge in [-0.05, 0) is 61.5 Å². The van der Waals surface area contributed by atoms with Gasteiger partial charge in [0.25, 0.3) is 15.9 Å². The van der Waals surface area contributed by atoms with Crippen LogP contribution < -0.4 is 29.0 Å². The highest BCUT2D eigenvalue weighted by Gasteiger charge is 2.22. The number of ether oxygens (including phenoxy) is 4. The lowest BCUT2D eigenvalue weighted by molar-refractivity contribution is 0.102. The van der Waals surface area contributed by atoms with Crippen LogP contribution in [0.2, 0.25) is 0 Å². The predicted molar refractivity (Wildman–Crippen MR) is 129 cm³/mol. The Bertz CT molecular complexity index is 1260. The van der Waals surface area contributed by atoms with Crippen molar-refractivity contribution in [1.82, 2.24) is 0 Å². The molecular weight excluding hydrogens is 460 g/mol. The molecule has 0 aromatic heterocycles. The third-order valence-electron chi connectivity index (χ3n) is 5.07. The molecule has 0 aliphatic heterocycles. The van der Waals surface area contributed by atoms with Crippen molar-refractivity contribution in [3.8, 4) is 23.0 Å². The molecule has 0 bridgehead atoms. The monoisotopic (exact) mass is 486 g/mol. The van der Waals surface area contributed by atoms with Gasteiger partial charge >= 0.3 is 0 Å². The normalized spacial score (nSPS) is 10.9. The molecule has 0 heterocycles. The summed E-state index contributed by atoms with van der Waals surface area (Å²) < 4.78 is 49.6. The van der Waals surface area contributed by atoms with Gasteiger partial charge in [0, 0.05) is 22.5 Å². The highest BCUT2D eigenvalue weighted by Crippen LogP contribution is 2.32. The molecule has 0 fully saturated rings. The zero-order valence-corrected chi connectivity index (χ0v) is 20.3. The Labute approximate surface area is 198 Å². The van der Waals surface area contributed by atoms with Crippen molar-refractivity contribution < 1.29 is 32.2 Å². The third kappa shape index (κ3) is 5.34. The van der Waals surface area contributed by atoms with Crippen LogP contribution in [-0.4, -0.2) is 42.8 Å². The topological polar surface area (TPSA) is 112 Å². The largest absolute Gasteiger partial charge is 0.497 e. The van der Waals surface area contributed by atoms with E-state index in [4.69, 9.17) is 18.9 Å². The molecule has 0 aliphatic rings. The number of nitrogens with one attached hydrogen (secondary N) is 2. The number of hydrogen-bond acceptors (Lipinski definition) is 7. The summed E-state index contributed by atoms with van der Waals surface area (Å²) in [5.41, 5.74) is 1.65.